The summed E-state index contributed by atoms with van der Waals surface area (Å²) in [5.74, 6) is 0.767. The third-order valence-corrected chi connectivity index (χ3v) is 7.16. The van der Waals surface area contributed by atoms with Crippen molar-refractivity contribution < 1.29 is 28.1 Å². The van der Waals surface area contributed by atoms with E-state index in [4.69, 9.17) is 18.9 Å². The van der Waals surface area contributed by atoms with Crippen molar-refractivity contribution in [3.8, 4) is 5.75 Å². The molecule has 0 N–H and O–H groups in total. The summed E-state index contributed by atoms with van der Waals surface area (Å²) >= 11 is 0. The molecule has 33 heavy (non-hydrogen) atoms. The summed E-state index contributed by atoms with van der Waals surface area (Å²) < 4.78 is 36.7. The number of rotatable bonds is 4. The Morgan fingerprint density at radius 2 is 1.88 bits per heavy atom. The van der Waals surface area contributed by atoms with Gasteiger partial charge in [0.2, 0.25) is 0 Å². The smallest absolute Gasteiger partial charge is 0.410 e. The van der Waals surface area contributed by atoms with Crippen molar-refractivity contribution >= 4 is 6.09 Å². The maximum absolute atomic E-state index is 13.9. The number of nitrogens with zero attached hydrogens (tertiary/aromatic N) is 2. The van der Waals surface area contributed by atoms with E-state index in [-0.39, 0.29) is 23.6 Å². The van der Waals surface area contributed by atoms with Gasteiger partial charge in [0.05, 0.1) is 32.9 Å². The second-order valence-electron chi connectivity index (χ2n) is 11.0. The van der Waals surface area contributed by atoms with E-state index in [2.05, 4.69) is 4.90 Å². The molecule has 0 saturated carbocycles. The monoisotopic (exact) mass is 462 g/mol. The van der Waals surface area contributed by atoms with E-state index >= 15 is 0 Å². The summed E-state index contributed by atoms with van der Waals surface area (Å²) in [5.41, 5.74) is 0.403. The first-order valence-corrected chi connectivity index (χ1v) is 12.1. The standard InChI is InChI=1S/C25H35FN2O5/c1-24(2,3)33-23(29)28-15-25(16-28)11-19(12-31-25)27-8-6-17(7-9-27)21-5-4-18(26)10-22(21)32-20-13-30-14-20/h4-5,10,17,19-20H,6-9,11-16H2,1-3H3/t19-/m0/s1. The average molecular weight is 463 g/mol. The van der Waals surface area contributed by atoms with Crippen LogP contribution >= 0.6 is 0 Å². The van der Waals surface area contributed by atoms with Gasteiger partial charge in [0.15, 0.2) is 0 Å². The summed E-state index contributed by atoms with van der Waals surface area (Å²) in [4.78, 5) is 16.5. The Hall–Kier alpha value is -1.90. The van der Waals surface area contributed by atoms with Crippen molar-refractivity contribution in [2.24, 2.45) is 0 Å². The molecule has 4 fully saturated rings. The third kappa shape index (κ3) is 4.98. The Balaban J connectivity index is 1.13. The minimum absolute atomic E-state index is 0.0280. The van der Waals surface area contributed by atoms with Gasteiger partial charge in [-0.3, -0.25) is 4.90 Å². The molecule has 1 atom stereocenters. The van der Waals surface area contributed by atoms with Crippen LogP contribution in [0, 0.1) is 5.82 Å². The van der Waals surface area contributed by atoms with Crippen LogP contribution in [0.4, 0.5) is 9.18 Å². The van der Waals surface area contributed by atoms with Crippen molar-refractivity contribution in [2.75, 3.05) is 46.0 Å². The molecule has 0 radical (unpaired) electrons. The molecular formula is C25H35FN2O5. The van der Waals surface area contributed by atoms with E-state index in [0.29, 0.717) is 50.6 Å². The molecule has 4 aliphatic rings. The van der Waals surface area contributed by atoms with Crippen LogP contribution in [0.1, 0.15) is 51.5 Å². The highest BCUT2D eigenvalue weighted by Gasteiger charge is 2.53. The molecule has 182 valence electrons. The van der Waals surface area contributed by atoms with Crippen molar-refractivity contribution in [1.29, 1.82) is 0 Å². The van der Waals surface area contributed by atoms with Crippen molar-refractivity contribution in [1.82, 2.24) is 9.80 Å². The van der Waals surface area contributed by atoms with Crippen LogP contribution < -0.4 is 4.74 Å². The number of piperidine rings is 1. The minimum atomic E-state index is -0.482. The molecule has 8 heteroatoms. The first-order valence-electron chi connectivity index (χ1n) is 12.1. The number of carbonyl (C=O) groups is 1. The number of carbonyl (C=O) groups excluding carboxylic acids is 1. The number of halogens is 1. The van der Waals surface area contributed by atoms with E-state index < -0.39 is 5.60 Å². The van der Waals surface area contributed by atoms with Crippen LogP contribution in [-0.4, -0.2) is 85.2 Å². The molecule has 0 unspecified atom stereocenters. The zero-order chi connectivity index (χ0) is 23.2. The van der Waals surface area contributed by atoms with Crippen LogP contribution in [0.25, 0.3) is 0 Å². The van der Waals surface area contributed by atoms with Gasteiger partial charge in [-0.2, -0.15) is 0 Å². The number of hydrogen-bond donors (Lipinski definition) is 0. The molecule has 0 bridgehead atoms. The van der Waals surface area contributed by atoms with Crippen molar-refractivity contribution in [3.05, 3.63) is 29.6 Å². The first kappa shape index (κ1) is 22.9. The second-order valence-corrected chi connectivity index (χ2v) is 11.0. The molecule has 0 aliphatic carbocycles. The topological polar surface area (TPSA) is 60.5 Å². The van der Waals surface area contributed by atoms with E-state index in [9.17, 15) is 9.18 Å². The number of benzene rings is 1. The maximum Gasteiger partial charge on any atom is 0.410 e. The quantitative estimate of drug-likeness (QED) is 0.682. The Kier molecular flexibility index (Phi) is 6.04. The summed E-state index contributed by atoms with van der Waals surface area (Å²) in [7, 11) is 0. The van der Waals surface area contributed by atoms with Gasteiger partial charge in [0.1, 0.15) is 28.9 Å². The highest BCUT2D eigenvalue weighted by molar-refractivity contribution is 5.69. The third-order valence-electron chi connectivity index (χ3n) is 7.16. The van der Waals surface area contributed by atoms with Gasteiger partial charge < -0.3 is 23.8 Å². The molecule has 5 rings (SSSR count). The molecule has 0 aromatic heterocycles. The Bertz CT molecular complexity index is 870. The lowest BCUT2D eigenvalue weighted by atomic mass is 9.86. The van der Waals surface area contributed by atoms with Gasteiger partial charge in [-0.1, -0.05) is 6.07 Å². The molecule has 1 spiro atoms. The number of amides is 1. The number of likely N-dealkylation sites (tertiary alicyclic amines) is 2. The number of ether oxygens (including phenoxy) is 4. The van der Waals surface area contributed by atoms with Crippen LogP contribution in [-0.2, 0) is 14.2 Å². The molecule has 4 heterocycles. The Morgan fingerprint density at radius 1 is 1.15 bits per heavy atom. The minimum Gasteiger partial charge on any atom is -0.485 e. The van der Waals surface area contributed by atoms with E-state index in [1.807, 2.05) is 26.8 Å². The van der Waals surface area contributed by atoms with Crippen molar-refractivity contribution in [2.45, 2.75) is 69.3 Å². The molecule has 4 aliphatic heterocycles. The van der Waals surface area contributed by atoms with Gasteiger partial charge in [-0.15, -0.1) is 0 Å². The zero-order valence-corrected chi connectivity index (χ0v) is 19.8. The van der Waals surface area contributed by atoms with E-state index in [1.54, 1.807) is 4.90 Å². The van der Waals surface area contributed by atoms with Crippen LogP contribution in [0.2, 0.25) is 0 Å². The fourth-order valence-corrected chi connectivity index (χ4v) is 5.36. The van der Waals surface area contributed by atoms with Gasteiger partial charge in [0.25, 0.3) is 0 Å². The lowest BCUT2D eigenvalue weighted by Gasteiger charge is -2.47. The molecule has 4 saturated heterocycles. The highest BCUT2D eigenvalue weighted by Crippen LogP contribution is 2.40. The Labute approximate surface area is 195 Å². The van der Waals surface area contributed by atoms with Gasteiger partial charge in [-0.05, 0) is 70.7 Å². The van der Waals surface area contributed by atoms with Gasteiger partial charge in [-0.25, -0.2) is 9.18 Å². The lowest BCUT2D eigenvalue weighted by Crippen LogP contribution is -2.64. The molecule has 7 nitrogen and oxygen atoms in total. The SMILES string of the molecule is CC(C)(C)OC(=O)N1CC2(C[C@H](N3CCC(c4ccc(F)cc4OC4COC4)CC3)CO2)C1. The first-order chi connectivity index (χ1) is 15.7. The van der Waals surface area contributed by atoms with E-state index in [0.717, 1.165) is 37.9 Å². The predicted octanol–water partition coefficient (Wildman–Crippen LogP) is 3.56. The summed E-state index contributed by atoms with van der Waals surface area (Å²) in [5, 5.41) is 0. The lowest BCUT2D eigenvalue weighted by molar-refractivity contribution is -0.109. The largest absolute Gasteiger partial charge is 0.485 e. The van der Waals surface area contributed by atoms with Crippen LogP contribution in [0.15, 0.2) is 18.2 Å². The van der Waals surface area contributed by atoms with Gasteiger partial charge in [0, 0.05) is 12.1 Å². The molecular weight excluding hydrogens is 427 g/mol. The zero-order valence-electron chi connectivity index (χ0n) is 19.8. The predicted molar refractivity (Wildman–Crippen MR) is 120 cm³/mol. The van der Waals surface area contributed by atoms with Crippen molar-refractivity contribution in [3.63, 3.8) is 0 Å². The summed E-state index contributed by atoms with van der Waals surface area (Å²) in [6.45, 7) is 10.7. The average Bonchev–Trinajstić information content (AvgIpc) is 3.15. The summed E-state index contributed by atoms with van der Waals surface area (Å²) in [6.07, 6.45) is 2.74. The van der Waals surface area contributed by atoms with Crippen LogP contribution in [0.3, 0.4) is 0 Å². The molecule has 1 amide bonds. The normalized spacial score (nSPS) is 26.2. The Morgan fingerprint density at radius 3 is 2.52 bits per heavy atom. The van der Waals surface area contributed by atoms with Gasteiger partial charge >= 0.3 is 6.09 Å². The highest BCUT2D eigenvalue weighted by atomic mass is 19.1. The fourth-order valence-electron chi connectivity index (χ4n) is 5.36. The molecule has 1 aromatic rings. The second kappa shape index (κ2) is 8.71. The van der Waals surface area contributed by atoms with E-state index in [1.165, 1.54) is 12.1 Å². The maximum atomic E-state index is 13.9. The summed E-state index contributed by atoms with van der Waals surface area (Å²) in [6, 6.07) is 5.31. The number of hydrogen-bond acceptors (Lipinski definition) is 6. The van der Waals surface area contributed by atoms with Crippen LogP contribution in [0.5, 0.6) is 5.75 Å². The molecule has 1 aromatic carbocycles. The fraction of sp³-hybridized carbons (Fsp3) is 0.720.